The lowest BCUT2D eigenvalue weighted by Crippen LogP contribution is -2.47. The highest BCUT2D eigenvalue weighted by molar-refractivity contribution is 9.10. The van der Waals surface area contributed by atoms with Crippen molar-refractivity contribution in [2.24, 2.45) is 17.6 Å². The van der Waals surface area contributed by atoms with E-state index in [0.29, 0.717) is 58.7 Å². The number of anilines is 1. The number of aliphatic carboxylic acids is 1. The first-order chi connectivity index (χ1) is 33.6. The molecule has 0 spiro atoms. The molecule has 1 aliphatic carbocycles. The van der Waals surface area contributed by atoms with Crippen LogP contribution >= 0.6 is 15.9 Å². The number of ether oxygens (including phenoxy) is 4. The molecular weight excluding hydrogens is 974 g/mol. The Morgan fingerprint density at radius 2 is 1.59 bits per heavy atom. The lowest BCUT2D eigenvalue weighted by atomic mass is 10.0. The van der Waals surface area contributed by atoms with E-state index in [2.05, 4.69) is 46.6 Å². The van der Waals surface area contributed by atoms with Crippen LogP contribution in [0.25, 0.3) is 22.0 Å². The number of aryl methyl sites for hydroxylation is 3. The first kappa shape index (κ1) is 53.4. The molecule has 3 amide bonds. The van der Waals surface area contributed by atoms with Crippen molar-refractivity contribution in [3.05, 3.63) is 63.9 Å². The predicted octanol–water partition coefficient (Wildman–Crippen LogP) is 3.18. The Balaban J connectivity index is 0.860. The van der Waals surface area contributed by atoms with Gasteiger partial charge in [0.2, 0.25) is 17.7 Å². The summed E-state index contributed by atoms with van der Waals surface area (Å²) in [6.07, 6.45) is 5.66. The second-order valence-electron chi connectivity index (χ2n) is 17.4. The normalized spacial score (nSPS) is 16.5. The summed E-state index contributed by atoms with van der Waals surface area (Å²) in [5, 5.41) is 19.5. The summed E-state index contributed by atoms with van der Waals surface area (Å²) in [7, 11) is 0. The van der Waals surface area contributed by atoms with E-state index in [-0.39, 0.29) is 138 Å². The van der Waals surface area contributed by atoms with Crippen LogP contribution in [0.2, 0.25) is 0 Å². The average molecular weight is 1030 g/mol. The standard InChI is InChI=1S/C48H60BrN9O12/c1-28-6-10-39(49)54-46(28)55-47(64)45-36-21-32(36)24-57(45)42(63)25-58-44-29(2)19-31(20-37(44)43(56-58)30(3)59)33-22-52-40(53-23-33)11-8-35(61)26-69-17-16-68-14-12-51-41(62)27-70-18-15-67-13-4-5-34(60)7-9-38(50)48(65)66/h6,10,19-20,22-23,32,36,38,45H,4-5,7-9,11-18,21,24-27,50H2,1-3H3,(H,51,62)(H,65,66)(H,54,55,64)/t32-,36-,38+,45+/m1/s1. The summed E-state index contributed by atoms with van der Waals surface area (Å²) >= 11 is 3.36. The zero-order chi connectivity index (χ0) is 50.3. The number of halogens is 1. The van der Waals surface area contributed by atoms with Crippen molar-refractivity contribution in [3.63, 3.8) is 0 Å². The van der Waals surface area contributed by atoms with Gasteiger partial charge in [0, 0.05) is 75.6 Å². The molecule has 1 saturated heterocycles. The number of piperidine rings is 1. The van der Waals surface area contributed by atoms with Crippen LogP contribution in [-0.2, 0) is 60.7 Å². The molecule has 22 heteroatoms. The van der Waals surface area contributed by atoms with E-state index in [1.54, 1.807) is 28.0 Å². The summed E-state index contributed by atoms with van der Waals surface area (Å²) in [6, 6.07) is 5.73. The first-order valence-electron chi connectivity index (χ1n) is 23.3. The van der Waals surface area contributed by atoms with Gasteiger partial charge in [-0.25, -0.2) is 15.0 Å². The maximum absolute atomic E-state index is 13.9. The van der Waals surface area contributed by atoms with E-state index in [0.717, 1.165) is 23.1 Å². The molecule has 4 heterocycles. The third-order valence-electron chi connectivity index (χ3n) is 12.0. The van der Waals surface area contributed by atoms with Gasteiger partial charge in [0.1, 0.15) is 59.6 Å². The van der Waals surface area contributed by atoms with E-state index >= 15 is 0 Å². The highest BCUT2D eigenvalue weighted by Crippen LogP contribution is 2.50. The zero-order valence-electron chi connectivity index (χ0n) is 39.6. The second-order valence-corrected chi connectivity index (χ2v) is 18.2. The van der Waals surface area contributed by atoms with Crippen molar-refractivity contribution in [2.75, 3.05) is 71.3 Å². The number of carbonyl (C=O) groups is 7. The van der Waals surface area contributed by atoms with E-state index in [1.807, 2.05) is 32.0 Å². The third kappa shape index (κ3) is 15.3. The molecule has 70 heavy (non-hydrogen) atoms. The van der Waals surface area contributed by atoms with Crippen molar-refractivity contribution in [1.29, 1.82) is 0 Å². The minimum absolute atomic E-state index is 0.0701. The fraction of sp³-hybridized carbons (Fsp3) is 0.521. The van der Waals surface area contributed by atoms with Crippen molar-refractivity contribution in [1.82, 2.24) is 34.9 Å². The highest BCUT2D eigenvalue weighted by atomic mass is 79.9. The number of ketones is 3. The summed E-state index contributed by atoms with van der Waals surface area (Å²) in [6.45, 7) is 6.96. The minimum atomic E-state index is -1.13. The molecule has 3 aromatic heterocycles. The fourth-order valence-electron chi connectivity index (χ4n) is 8.16. The summed E-state index contributed by atoms with van der Waals surface area (Å²) in [5.74, 6) is -1.19. The number of nitrogens with zero attached hydrogens (tertiary/aromatic N) is 6. The number of hydrogen-bond acceptors (Lipinski definition) is 16. The van der Waals surface area contributed by atoms with Crippen molar-refractivity contribution in [2.45, 2.75) is 84.3 Å². The van der Waals surface area contributed by atoms with Gasteiger partial charge in [0.05, 0.1) is 38.6 Å². The number of pyridine rings is 1. The molecule has 376 valence electrons. The predicted molar refractivity (Wildman–Crippen MR) is 257 cm³/mol. The summed E-state index contributed by atoms with van der Waals surface area (Å²) in [4.78, 5) is 102. The number of benzene rings is 1. The molecule has 21 nitrogen and oxygen atoms in total. The van der Waals surface area contributed by atoms with Crippen LogP contribution in [-0.4, -0.2) is 154 Å². The molecule has 1 saturated carbocycles. The van der Waals surface area contributed by atoms with E-state index in [4.69, 9.17) is 29.8 Å². The smallest absolute Gasteiger partial charge is 0.320 e. The van der Waals surface area contributed by atoms with Gasteiger partial charge in [-0.3, -0.25) is 38.2 Å². The molecule has 1 aliphatic heterocycles. The Morgan fingerprint density at radius 1 is 0.871 bits per heavy atom. The van der Waals surface area contributed by atoms with Gasteiger partial charge in [-0.2, -0.15) is 5.10 Å². The number of aromatic nitrogens is 5. The number of carbonyl (C=O) groups excluding carboxylic acids is 6. The van der Waals surface area contributed by atoms with Crippen LogP contribution in [0.4, 0.5) is 5.82 Å². The van der Waals surface area contributed by atoms with Crippen LogP contribution in [0.3, 0.4) is 0 Å². The monoisotopic (exact) mass is 1030 g/mol. The Morgan fingerprint density at radius 3 is 2.31 bits per heavy atom. The quantitative estimate of drug-likeness (QED) is 0.0331. The fourth-order valence-corrected chi connectivity index (χ4v) is 8.47. The first-order valence-corrected chi connectivity index (χ1v) is 24.0. The SMILES string of the molecule is CC(=O)c1nn(CC(=O)N2C[C@H]3C[C@H]3[C@H]2C(=O)Nc2nc(Br)ccc2C)c2c(C)cc(-c3cnc(CCC(=O)COCCOCCNC(=O)COCCOCCCC(=O)CC[C@H](N)C(=O)O)nc3)cc12. The molecule has 1 aromatic carbocycles. The van der Waals surface area contributed by atoms with Crippen LogP contribution in [0, 0.1) is 25.7 Å². The number of nitrogens with one attached hydrogen (secondary N) is 2. The van der Waals surface area contributed by atoms with Gasteiger partial charge >= 0.3 is 5.97 Å². The van der Waals surface area contributed by atoms with Gasteiger partial charge in [0.15, 0.2) is 11.6 Å². The van der Waals surface area contributed by atoms with E-state index in [9.17, 15) is 33.6 Å². The van der Waals surface area contributed by atoms with Gasteiger partial charge in [-0.1, -0.05) is 6.07 Å². The molecule has 2 fully saturated rings. The maximum Gasteiger partial charge on any atom is 0.320 e. The average Bonchev–Trinajstić information content (AvgIpc) is 3.83. The van der Waals surface area contributed by atoms with Crippen molar-refractivity contribution >= 4 is 73.7 Å². The molecule has 4 atom stereocenters. The maximum atomic E-state index is 13.9. The molecule has 5 N–H and O–H groups in total. The van der Waals surface area contributed by atoms with E-state index < -0.39 is 18.1 Å². The number of amides is 3. The van der Waals surface area contributed by atoms with Gasteiger partial charge in [0.25, 0.3) is 0 Å². The topological polar surface area (TPSA) is 286 Å². The Labute approximate surface area is 413 Å². The number of hydrogen-bond donors (Lipinski definition) is 4. The lowest BCUT2D eigenvalue weighted by molar-refractivity contribution is -0.139. The molecule has 0 bridgehead atoms. The lowest BCUT2D eigenvalue weighted by Gasteiger charge is -2.27. The molecule has 2 aliphatic rings. The van der Waals surface area contributed by atoms with Crippen LogP contribution < -0.4 is 16.4 Å². The Bertz CT molecular complexity index is 2540. The number of nitrogens with two attached hydrogens (primary N) is 1. The molecule has 0 radical (unpaired) electrons. The number of carboxylic acid groups (broad SMARTS) is 1. The summed E-state index contributed by atoms with van der Waals surface area (Å²) < 4.78 is 23.7. The molecular formula is C48H60BrN9O12. The van der Waals surface area contributed by atoms with Crippen LogP contribution in [0.15, 0.2) is 41.3 Å². The molecule has 4 aromatic rings. The Kier molecular flexibility index (Phi) is 19.7. The largest absolute Gasteiger partial charge is 0.480 e. The minimum Gasteiger partial charge on any atom is -0.480 e. The third-order valence-corrected chi connectivity index (χ3v) is 12.4. The van der Waals surface area contributed by atoms with Gasteiger partial charge in [-0.15, -0.1) is 0 Å². The molecule has 6 rings (SSSR count). The highest BCUT2D eigenvalue weighted by Gasteiger charge is 2.57. The number of rotatable bonds is 30. The number of fused-ring (bicyclic) bond motifs is 2. The summed E-state index contributed by atoms with van der Waals surface area (Å²) in [5.41, 5.74) is 9.28. The Hall–Kier alpha value is -5.91. The van der Waals surface area contributed by atoms with Gasteiger partial charge in [-0.05, 0) is 95.8 Å². The van der Waals surface area contributed by atoms with Crippen LogP contribution in [0.5, 0.6) is 0 Å². The number of Topliss-reactive ketones (excluding diaryl/α,β-unsaturated/α-hetero) is 3. The second kappa shape index (κ2) is 25.8. The number of likely N-dealkylation sites (tertiary alicyclic amines) is 1. The zero-order valence-corrected chi connectivity index (χ0v) is 41.2. The van der Waals surface area contributed by atoms with Crippen molar-refractivity contribution < 1.29 is 57.6 Å². The van der Waals surface area contributed by atoms with Gasteiger partial charge < -0.3 is 45.3 Å². The van der Waals surface area contributed by atoms with E-state index in [1.165, 1.54) is 6.92 Å². The number of carboxylic acids is 1. The van der Waals surface area contributed by atoms with Crippen LogP contribution in [0.1, 0.15) is 72.9 Å². The molecule has 0 unspecified atom stereocenters. The van der Waals surface area contributed by atoms with Crippen molar-refractivity contribution in [3.8, 4) is 11.1 Å².